The van der Waals surface area contributed by atoms with Gasteiger partial charge in [0.05, 0.1) is 0 Å². The van der Waals surface area contributed by atoms with E-state index in [9.17, 15) is 0 Å². The fraction of sp³-hybridized carbons (Fsp3) is 0.429. The number of nitrogens with one attached hydrogen (secondary N) is 1. The Kier molecular flexibility index (Phi) is 5.38. The molecule has 0 saturated heterocycles. The maximum absolute atomic E-state index is 6.31. The van der Waals surface area contributed by atoms with Crippen LogP contribution in [-0.4, -0.2) is 6.54 Å². The van der Waals surface area contributed by atoms with Crippen LogP contribution in [0.4, 0.5) is 0 Å². The summed E-state index contributed by atoms with van der Waals surface area (Å²) in [7, 11) is 0. The summed E-state index contributed by atoms with van der Waals surface area (Å²) in [6.45, 7) is 5.03. The van der Waals surface area contributed by atoms with Crippen LogP contribution >= 0.6 is 11.6 Å². The monoisotopic (exact) mass is 235 g/mol. The third-order valence-electron chi connectivity index (χ3n) is 2.62. The molecule has 0 aliphatic carbocycles. The van der Waals surface area contributed by atoms with Gasteiger partial charge in [-0.3, -0.25) is 0 Å². The first kappa shape index (κ1) is 13.1. The van der Waals surface area contributed by atoms with Crippen LogP contribution in [0.1, 0.15) is 36.9 Å². The summed E-state index contributed by atoms with van der Waals surface area (Å²) < 4.78 is 0. The summed E-state index contributed by atoms with van der Waals surface area (Å²) in [6.07, 6.45) is 7.00. The van der Waals surface area contributed by atoms with Crippen LogP contribution in [0, 0.1) is 19.3 Å². The lowest BCUT2D eigenvalue weighted by molar-refractivity contribution is 0.522. The Hall–Kier alpha value is -0.970. The van der Waals surface area contributed by atoms with Crippen LogP contribution in [-0.2, 0) is 0 Å². The Morgan fingerprint density at radius 1 is 1.50 bits per heavy atom. The molecule has 0 aromatic heterocycles. The zero-order valence-electron chi connectivity index (χ0n) is 9.89. The minimum Gasteiger partial charge on any atom is -0.310 e. The summed E-state index contributed by atoms with van der Waals surface area (Å²) in [5.74, 6) is 2.68. The van der Waals surface area contributed by atoms with E-state index in [1.54, 1.807) is 0 Å². The molecular formula is C14H18ClN. The number of rotatable bonds is 5. The minimum absolute atomic E-state index is 0.258. The molecule has 0 radical (unpaired) electrons. The summed E-state index contributed by atoms with van der Waals surface area (Å²) in [4.78, 5) is 0. The lowest BCUT2D eigenvalue weighted by atomic mass is 10.00. The molecule has 1 aromatic carbocycles. The molecule has 0 aliphatic heterocycles. The van der Waals surface area contributed by atoms with Crippen LogP contribution in [0.2, 0.25) is 5.02 Å². The van der Waals surface area contributed by atoms with Gasteiger partial charge in [-0.05, 0) is 31.0 Å². The molecule has 1 aromatic rings. The minimum atomic E-state index is 0.258. The Labute approximate surface area is 103 Å². The third kappa shape index (κ3) is 3.27. The topological polar surface area (TPSA) is 12.0 Å². The summed E-state index contributed by atoms with van der Waals surface area (Å²) in [5.41, 5.74) is 2.27. The van der Waals surface area contributed by atoms with Crippen LogP contribution < -0.4 is 5.32 Å². The number of halogens is 1. The van der Waals surface area contributed by atoms with Gasteiger partial charge in [-0.25, -0.2) is 0 Å². The van der Waals surface area contributed by atoms with E-state index in [0.29, 0.717) is 0 Å². The van der Waals surface area contributed by atoms with E-state index in [2.05, 4.69) is 24.2 Å². The van der Waals surface area contributed by atoms with Gasteiger partial charge in [0.1, 0.15) is 0 Å². The number of hydrogen-bond donors (Lipinski definition) is 1. The second-order valence-electron chi connectivity index (χ2n) is 3.83. The van der Waals surface area contributed by atoms with E-state index < -0.39 is 0 Å². The Balaban J connectivity index is 2.92. The van der Waals surface area contributed by atoms with Gasteiger partial charge < -0.3 is 5.32 Å². The predicted molar refractivity (Wildman–Crippen MR) is 70.7 cm³/mol. The van der Waals surface area contributed by atoms with Crippen molar-refractivity contribution < 1.29 is 0 Å². The van der Waals surface area contributed by atoms with Crippen molar-refractivity contribution in [3.63, 3.8) is 0 Å². The van der Waals surface area contributed by atoms with Crippen molar-refractivity contribution in [3.8, 4) is 12.3 Å². The van der Waals surface area contributed by atoms with Crippen LogP contribution in [0.5, 0.6) is 0 Å². The number of benzene rings is 1. The lowest BCUT2D eigenvalue weighted by Crippen LogP contribution is -2.21. The molecule has 1 atom stereocenters. The molecule has 1 unspecified atom stereocenters. The van der Waals surface area contributed by atoms with E-state index in [4.69, 9.17) is 18.0 Å². The highest BCUT2D eigenvalue weighted by atomic mass is 35.5. The van der Waals surface area contributed by atoms with Gasteiger partial charge in [0.25, 0.3) is 0 Å². The largest absolute Gasteiger partial charge is 0.310 e. The predicted octanol–water partition coefficient (Wildman–Crippen LogP) is 3.71. The molecule has 86 valence electrons. The first-order chi connectivity index (χ1) is 7.70. The zero-order chi connectivity index (χ0) is 12.0. The van der Waals surface area contributed by atoms with E-state index in [1.165, 1.54) is 0 Å². The molecule has 16 heavy (non-hydrogen) atoms. The molecule has 0 heterocycles. The standard InChI is InChI=1S/C14H18ClN/c1-4-6-10-13(16-5-2)12-9-7-8-11(3)14(12)15/h1,7-9,13,16H,5-6,10H2,2-3H3. The van der Waals surface area contributed by atoms with Gasteiger partial charge in [0.15, 0.2) is 0 Å². The van der Waals surface area contributed by atoms with Crippen molar-refractivity contribution in [2.75, 3.05) is 6.54 Å². The molecule has 0 fully saturated rings. The van der Waals surface area contributed by atoms with Gasteiger partial charge in [-0.2, -0.15) is 0 Å². The second-order valence-corrected chi connectivity index (χ2v) is 4.21. The normalized spacial score (nSPS) is 12.1. The molecule has 0 amide bonds. The SMILES string of the molecule is C#CCCC(NCC)c1cccc(C)c1Cl. The van der Waals surface area contributed by atoms with Gasteiger partial charge in [0.2, 0.25) is 0 Å². The van der Waals surface area contributed by atoms with Crippen molar-refractivity contribution in [1.29, 1.82) is 0 Å². The van der Waals surface area contributed by atoms with E-state index in [-0.39, 0.29) is 6.04 Å². The van der Waals surface area contributed by atoms with Gasteiger partial charge in [-0.1, -0.05) is 36.7 Å². The second kappa shape index (κ2) is 6.58. The maximum Gasteiger partial charge on any atom is 0.0482 e. The lowest BCUT2D eigenvalue weighted by Gasteiger charge is -2.19. The van der Waals surface area contributed by atoms with Gasteiger partial charge in [0, 0.05) is 17.5 Å². The number of hydrogen-bond acceptors (Lipinski definition) is 1. The average molecular weight is 236 g/mol. The van der Waals surface area contributed by atoms with Gasteiger partial charge >= 0.3 is 0 Å². The molecule has 0 aliphatic rings. The summed E-state index contributed by atoms with van der Waals surface area (Å²) in [6, 6.07) is 6.39. The molecule has 0 saturated carbocycles. The molecular weight excluding hydrogens is 218 g/mol. The number of terminal acetylenes is 1. The molecule has 0 spiro atoms. The van der Waals surface area contributed by atoms with Crippen molar-refractivity contribution >= 4 is 11.6 Å². The highest BCUT2D eigenvalue weighted by molar-refractivity contribution is 6.32. The quantitative estimate of drug-likeness (QED) is 0.768. The first-order valence-corrected chi connectivity index (χ1v) is 6.00. The highest BCUT2D eigenvalue weighted by Crippen LogP contribution is 2.28. The fourth-order valence-corrected chi connectivity index (χ4v) is 2.04. The van der Waals surface area contributed by atoms with E-state index >= 15 is 0 Å². The molecule has 1 N–H and O–H groups in total. The Morgan fingerprint density at radius 3 is 2.88 bits per heavy atom. The fourth-order valence-electron chi connectivity index (χ4n) is 1.78. The van der Waals surface area contributed by atoms with Crippen molar-refractivity contribution in [2.24, 2.45) is 0 Å². The molecule has 2 heteroatoms. The highest BCUT2D eigenvalue weighted by Gasteiger charge is 2.13. The molecule has 1 rings (SSSR count). The first-order valence-electron chi connectivity index (χ1n) is 5.62. The summed E-state index contributed by atoms with van der Waals surface area (Å²) >= 11 is 6.31. The van der Waals surface area contributed by atoms with E-state index in [0.717, 1.165) is 35.5 Å². The molecule has 0 bridgehead atoms. The zero-order valence-corrected chi connectivity index (χ0v) is 10.6. The average Bonchev–Trinajstić information content (AvgIpc) is 2.28. The maximum atomic E-state index is 6.31. The van der Waals surface area contributed by atoms with Crippen molar-refractivity contribution in [3.05, 3.63) is 34.3 Å². The summed E-state index contributed by atoms with van der Waals surface area (Å²) in [5, 5.41) is 4.27. The van der Waals surface area contributed by atoms with Crippen LogP contribution in [0.25, 0.3) is 0 Å². The Morgan fingerprint density at radius 2 is 2.25 bits per heavy atom. The van der Waals surface area contributed by atoms with Crippen LogP contribution in [0.15, 0.2) is 18.2 Å². The Bertz CT molecular complexity index is 379. The van der Waals surface area contributed by atoms with E-state index in [1.807, 2.05) is 19.1 Å². The van der Waals surface area contributed by atoms with Gasteiger partial charge in [-0.15, -0.1) is 12.3 Å². The molecule has 1 nitrogen and oxygen atoms in total. The smallest absolute Gasteiger partial charge is 0.0482 e. The van der Waals surface area contributed by atoms with Crippen LogP contribution in [0.3, 0.4) is 0 Å². The third-order valence-corrected chi connectivity index (χ3v) is 3.14. The van der Waals surface area contributed by atoms with Crippen molar-refractivity contribution in [1.82, 2.24) is 5.32 Å². The van der Waals surface area contributed by atoms with Crippen molar-refractivity contribution in [2.45, 2.75) is 32.7 Å². The number of aryl methyl sites for hydroxylation is 1.